The van der Waals surface area contributed by atoms with Crippen LogP contribution in [0.3, 0.4) is 0 Å². The van der Waals surface area contributed by atoms with E-state index in [2.05, 4.69) is 64.8 Å². The number of guanidine groups is 1. The van der Waals surface area contributed by atoms with E-state index in [4.69, 9.17) is 4.74 Å². The zero-order valence-electron chi connectivity index (χ0n) is 14.8. The van der Waals surface area contributed by atoms with Crippen LogP contribution in [0.5, 0.6) is 0 Å². The molecule has 0 unspecified atom stereocenters. The molecule has 0 radical (unpaired) electrons. The number of unbranched alkanes of at least 4 members (excludes halogenated alkanes) is 1. The van der Waals surface area contributed by atoms with Crippen molar-refractivity contribution in [3.8, 4) is 0 Å². The topological polar surface area (TPSA) is 48.9 Å². The van der Waals surface area contributed by atoms with Gasteiger partial charge in [0.15, 0.2) is 5.96 Å². The third-order valence-corrected chi connectivity index (χ3v) is 3.53. The van der Waals surface area contributed by atoms with Gasteiger partial charge in [-0.2, -0.15) is 0 Å². The summed E-state index contributed by atoms with van der Waals surface area (Å²) in [7, 11) is 3.86. The van der Waals surface area contributed by atoms with E-state index in [0.717, 1.165) is 58.0 Å². The fourth-order valence-electron chi connectivity index (χ4n) is 2.23. The highest BCUT2D eigenvalue weighted by atomic mass is 16.5. The van der Waals surface area contributed by atoms with E-state index in [1.54, 1.807) is 7.11 Å². The molecule has 0 aromatic heterocycles. The molecule has 1 rings (SSSR count). The summed E-state index contributed by atoms with van der Waals surface area (Å²) >= 11 is 0. The van der Waals surface area contributed by atoms with Crippen molar-refractivity contribution in [2.45, 2.75) is 26.2 Å². The molecular weight excluding hydrogens is 288 g/mol. The van der Waals surface area contributed by atoms with Gasteiger partial charge >= 0.3 is 0 Å². The number of nitrogens with zero attached hydrogens (tertiary/aromatic N) is 2. The highest BCUT2D eigenvalue weighted by Crippen LogP contribution is 2.11. The second-order valence-corrected chi connectivity index (χ2v) is 5.50. The molecule has 0 aliphatic rings. The first-order valence-electron chi connectivity index (χ1n) is 8.55. The maximum atomic E-state index is 5.04. The van der Waals surface area contributed by atoms with Gasteiger partial charge in [0, 0.05) is 52.6 Å². The van der Waals surface area contributed by atoms with Crippen LogP contribution < -0.4 is 15.5 Å². The van der Waals surface area contributed by atoms with Crippen molar-refractivity contribution in [3.05, 3.63) is 30.3 Å². The third-order valence-electron chi connectivity index (χ3n) is 3.53. The van der Waals surface area contributed by atoms with E-state index >= 15 is 0 Å². The molecule has 0 bridgehead atoms. The fraction of sp³-hybridized carbons (Fsp3) is 0.611. The van der Waals surface area contributed by atoms with E-state index in [9.17, 15) is 0 Å². The van der Waals surface area contributed by atoms with Crippen LogP contribution in [0.25, 0.3) is 0 Å². The van der Waals surface area contributed by atoms with Gasteiger partial charge in [-0.25, -0.2) is 0 Å². The van der Waals surface area contributed by atoms with Crippen LogP contribution in [0.4, 0.5) is 5.69 Å². The first kappa shape index (κ1) is 19.3. The average Bonchev–Trinajstić information content (AvgIpc) is 2.58. The lowest BCUT2D eigenvalue weighted by Crippen LogP contribution is -2.38. The van der Waals surface area contributed by atoms with Gasteiger partial charge in [-0.05, 0) is 38.3 Å². The highest BCUT2D eigenvalue weighted by molar-refractivity contribution is 5.79. The van der Waals surface area contributed by atoms with E-state index in [-0.39, 0.29) is 0 Å². The monoisotopic (exact) mass is 320 g/mol. The summed E-state index contributed by atoms with van der Waals surface area (Å²) in [6.07, 6.45) is 3.23. The lowest BCUT2D eigenvalue weighted by atomic mass is 10.2. The molecule has 0 amide bonds. The Labute approximate surface area is 141 Å². The standard InChI is InChI=1S/C18H32N4O/c1-4-19-18(21-14-10-16-23-3)20-13-8-9-15-22(2)17-11-6-5-7-12-17/h5-7,11-12H,4,8-10,13-16H2,1-3H3,(H2,19,20,21). The normalized spacial score (nSPS) is 11.3. The molecule has 0 fully saturated rings. The van der Waals surface area contributed by atoms with Gasteiger partial charge in [-0.15, -0.1) is 0 Å². The number of hydrogen-bond donors (Lipinski definition) is 2. The largest absolute Gasteiger partial charge is 0.385 e. The van der Waals surface area contributed by atoms with E-state index < -0.39 is 0 Å². The van der Waals surface area contributed by atoms with Crippen LogP contribution in [-0.4, -0.2) is 52.9 Å². The Kier molecular flexibility index (Phi) is 10.7. The number of ether oxygens (including phenoxy) is 1. The maximum Gasteiger partial charge on any atom is 0.191 e. The number of hydrogen-bond acceptors (Lipinski definition) is 3. The first-order valence-corrected chi connectivity index (χ1v) is 8.55. The lowest BCUT2D eigenvalue weighted by molar-refractivity contribution is 0.197. The molecule has 1 aromatic carbocycles. The average molecular weight is 320 g/mol. The van der Waals surface area contributed by atoms with Crippen molar-refractivity contribution in [1.82, 2.24) is 10.6 Å². The van der Waals surface area contributed by atoms with Crippen LogP contribution in [0.1, 0.15) is 26.2 Å². The Hall–Kier alpha value is -1.75. The predicted molar refractivity (Wildman–Crippen MR) is 99.4 cm³/mol. The van der Waals surface area contributed by atoms with Crippen molar-refractivity contribution < 1.29 is 4.74 Å². The molecule has 130 valence electrons. The van der Waals surface area contributed by atoms with Gasteiger partial charge in [0.1, 0.15) is 0 Å². The van der Waals surface area contributed by atoms with Crippen molar-refractivity contribution in [2.24, 2.45) is 4.99 Å². The van der Waals surface area contributed by atoms with Crippen LogP contribution in [0.2, 0.25) is 0 Å². The highest BCUT2D eigenvalue weighted by Gasteiger charge is 2.00. The molecular formula is C18H32N4O. The summed E-state index contributed by atoms with van der Waals surface area (Å²) in [6, 6.07) is 10.5. The molecule has 23 heavy (non-hydrogen) atoms. The van der Waals surface area contributed by atoms with Crippen molar-refractivity contribution in [1.29, 1.82) is 0 Å². The fourth-order valence-corrected chi connectivity index (χ4v) is 2.23. The number of para-hydroxylation sites is 1. The van der Waals surface area contributed by atoms with E-state index in [1.807, 2.05) is 0 Å². The molecule has 2 N–H and O–H groups in total. The van der Waals surface area contributed by atoms with E-state index in [1.165, 1.54) is 5.69 Å². The van der Waals surface area contributed by atoms with Crippen molar-refractivity contribution >= 4 is 11.6 Å². The minimum atomic E-state index is 0.759. The Morgan fingerprint density at radius 1 is 1.13 bits per heavy atom. The first-order chi connectivity index (χ1) is 11.3. The Morgan fingerprint density at radius 2 is 1.91 bits per heavy atom. The van der Waals surface area contributed by atoms with Gasteiger partial charge in [-0.3, -0.25) is 4.99 Å². The summed E-state index contributed by atoms with van der Waals surface area (Å²) in [6.45, 7) is 6.52. The Balaban J connectivity index is 2.18. The molecule has 0 aliphatic carbocycles. The molecule has 0 atom stereocenters. The smallest absolute Gasteiger partial charge is 0.191 e. The summed E-state index contributed by atoms with van der Waals surface area (Å²) < 4.78 is 5.04. The summed E-state index contributed by atoms with van der Waals surface area (Å²) in [5.41, 5.74) is 1.27. The zero-order valence-corrected chi connectivity index (χ0v) is 14.8. The summed E-state index contributed by atoms with van der Waals surface area (Å²) in [4.78, 5) is 6.83. The van der Waals surface area contributed by atoms with Crippen molar-refractivity contribution in [2.75, 3.05) is 51.8 Å². The lowest BCUT2D eigenvalue weighted by Gasteiger charge is -2.19. The number of benzene rings is 1. The zero-order chi connectivity index (χ0) is 16.8. The summed E-state index contributed by atoms with van der Waals surface area (Å²) in [5, 5.41) is 6.66. The van der Waals surface area contributed by atoms with Crippen LogP contribution >= 0.6 is 0 Å². The third kappa shape index (κ3) is 9.08. The summed E-state index contributed by atoms with van der Waals surface area (Å²) in [5.74, 6) is 0.903. The van der Waals surface area contributed by atoms with Crippen LogP contribution in [-0.2, 0) is 4.74 Å². The molecule has 0 saturated carbocycles. The second kappa shape index (κ2) is 12.8. The quantitative estimate of drug-likeness (QED) is 0.374. The Morgan fingerprint density at radius 3 is 2.61 bits per heavy atom. The van der Waals surface area contributed by atoms with Gasteiger partial charge in [-0.1, -0.05) is 18.2 Å². The van der Waals surface area contributed by atoms with Gasteiger partial charge in [0.2, 0.25) is 0 Å². The number of anilines is 1. The molecule has 0 saturated heterocycles. The second-order valence-electron chi connectivity index (χ2n) is 5.50. The predicted octanol–water partition coefficient (Wildman–Crippen LogP) is 2.49. The Bertz CT molecular complexity index is 422. The molecule has 0 heterocycles. The molecule has 5 heteroatoms. The number of methoxy groups -OCH3 is 1. The van der Waals surface area contributed by atoms with Crippen molar-refractivity contribution in [3.63, 3.8) is 0 Å². The van der Waals surface area contributed by atoms with Gasteiger partial charge < -0.3 is 20.3 Å². The number of nitrogens with one attached hydrogen (secondary N) is 2. The molecule has 5 nitrogen and oxygen atoms in total. The molecule has 0 aliphatic heterocycles. The molecule has 1 aromatic rings. The van der Waals surface area contributed by atoms with Gasteiger partial charge in [0.05, 0.1) is 0 Å². The van der Waals surface area contributed by atoms with Gasteiger partial charge in [0.25, 0.3) is 0 Å². The number of rotatable bonds is 11. The minimum absolute atomic E-state index is 0.759. The SMILES string of the molecule is CCNC(=NCCCOC)NCCCCN(C)c1ccccc1. The maximum absolute atomic E-state index is 5.04. The number of aliphatic imine (C=N–C) groups is 1. The van der Waals surface area contributed by atoms with Crippen LogP contribution in [0.15, 0.2) is 35.3 Å². The van der Waals surface area contributed by atoms with E-state index in [0.29, 0.717) is 0 Å². The molecule has 0 spiro atoms. The minimum Gasteiger partial charge on any atom is -0.385 e. The van der Waals surface area contributed by atoms with Crippen LogP contribution in [0, 0.1) is 0 Å².